The van der Waals surface area contributed by atoms with Crippen molar-refractivity contribution in [2.45, 2.75) is 32.9 Å². The van der Waals surface area contributed by atoms with Crippen LogP contribution in [0.3, 0.4) is 0 Å². The molecule has 9 nitrogen and oxygen atoms in total. The van der Waals surface area contributed by atoms with E-state index in [1.165, 1.54) is 35.2 Å². The molecule has 11 heteroatoms. The molecule has 1 aliphatic heterocycles. The second-order valence-electron chi connectivity index (χ2n) is 9.33. The monoisotopic (exact) mass is 512 g/mol. The fraction of sp³-hybridized carbons (Fsp3) is 0.360. The summed E-state index contributed by atoms with van der Waals surface area (Å²) in [6.07, 6.45) is 0.873. The highest BCUT2D eigenvalue weighted by Gasteiger charge is 2.33. The number of nitrogens with zero attached hydrogens (tertiary/aromatic N) is 4. The molecule has 3 aromatic heterocycles. The summed E-state index contributed by atoms with van der Waals surface area (Å²) in [6.45, 7) is 4.21. The molecule has 4 aromatic rings. The van der Waals surface area contributed by atoms with Crippen LogP contribution >= 0.6 is 11.3 Å². The van der Waals surface area contributed by atoms with Crippen molar-refractivity contribution >= 4 is 38.4 Å². The predicted molar refractivity (Wildman–Crippen MR) is 134 cm³/mol. The second-order valence-corrected chi connectivity index (χ2v) is 10.4. The normalized spacial score (nSPS) is 16.1. The smallest absolute Gasteiger partial charge is 0.331 e. The largest absolute Gasteiger partial charge is 0.389 e. The first-order chi connectivity index (χ1) is 17.2. The van der Waals surface area contributed by atoms with Crippen LogP contribution in [0.1, 0.15) is 34.6 Å². The minimum absolute atomic E-state index is 0.0342. The lowest BCUT2D eigenvalue weighted by Crippen LogP contribution is -2.39. The second kappa shape index (κ2) is 9.23. The van der Waals surface area contributed by atoms with Crippen LogP contribution in [-0.2, 0) is 24.9 Å². The number of amides is 1. The molecule has 0 bridgehead atoms. The summed E-state index contributed by atoms with van der Waals surface area (Å²) in [7, 11) is 1.39. The van der Waals surface area contributed by atoms with Crippen LogP contribution in [0.2, 0.25) is 0 Å². The average Bonchev–Trinajstić information content (AvgIpc) is 3.44. The van der Waals surface area contributed by atoms with E-state index < -0.39 is 29.1 Å². The Balaban J connectivity index is 1.78. The summed E-state index contributed by atoms with van der Waals surface area (Å²) in [5.74, 6) is -0.914. The molecule has 0 saturated carbocycles. The van der Waals surface area contributed by atoms with Gasteiger partial charge in [0.1, 0.15) is 28.9 Å². The zero-order chi connectivity index (χ0) is 25.7. The van der Waals surface area contributed by atoms with Crippen molar-refractivity contribution in [3.05, 3.63) is 73.1 Å². The van der Waals surface area contributed by atoms with Gasteiger partial charge in [-0.1, -0.05) is 26.0 Å². The average molecular weight is 513 g/mol. The minimum atomic E-state index is -0.837. The van der Waals surface area contributed by atoms with Gasteiger partial charge < -0.3 is 5.11 Å². The van der Waals surface area contributed by atoms with E-state index in [2.05, 4.69) is 4.98 Å². The number of carbonyl (C=O) groups excluding carboxylic acids is 1. The zero-order valence-corrected chi connectivity index (χ0v) is 20.8. The first-order valence-corrected chi connectivity index (χ1v) is 12.4. The van der Waals surface area contributed by atoms with Crippen molar-refractivity contribution in [2.75, 3.05) is 13.2 Å². The quantitative estimate of drug-likeness (QED) is 0.440. The summed E-state index contributed by atoms with van der Waals surface area (Å²) >= 11 is 1.19. The highest BCUT2D eigenvalue weighted by molar-refractivity contribution is 7.19. The lowest BCUT2D eigenvalue weighted by molar-refractivity contribution is -0.0778. The number of halogens is 1. The van der Waals surface area contributed by atoms with Crippen molar-refractivity contribution in [3.63, 3.8) is 0 Å². The molecular formula is C25H25FN4O5S. The Labute approximate surface area is 208 Å². The van der Waals surface area contributed by atoms with Crippen LogP contribution in [0.15, 0.2) is 40.1 Å². The lowest BCUT2D eigenvalue weighted by atomic mass is 10.0. The predicted octanol–water partition coefficient (Wildman–Crippen LogP) is 2.44. The van der Waals surface area contributed by atoms with Gasteiger partial charge in [-0.25, -0.2) is 14.2 Å². The summed E-state index contributed by atoms with van der Waals surface area (Å²) in [5, 5.41) is 11.7. The Bertz CT molecular complexity index is 1620. The molecule has 1 atom stereocenters. The van der Waals surface area contributed by atoms with Crippen molar-refractivity contribution in [3.8, 4) is 0 Å². The van der Waals surface area contributed by atoms with Gasteiger partial charge in [-0.3, -0.25) is 28.5 Å². The van der Waals surface area contributed by atoms with Crippen LogP contribution in [-0.4, -0.2) is 49.5 Å². The maximum Gasteiger partial charge on any atom is 0.331 e. The van der Waals surface area contributed by atoms with E-state index in [0.717, 1.165) is 15.2 Å². The summed E-state index contributed by atoms with van der Waals surface area (Å²) in [5.41, 5.74) is 0.0201. The molecule has 1 unspecified atom stereocenters. The number of thiophene rings is 1. The first-order valence-electron chi connectivity index (χ1n) is 11.6. The van der Waals surface area contributed by atoms with E-state index in [-0.39, 0.29) is 42.0 Å². The van der Waals surface area contributed by atoms with Crippen LogP contribution in [0.4, 0.5) is 4.39 Å². The molecule has 5 rings (SSSR count). The van der Waals surface area contributed by atoms with Gasteiger partial charge in [0, 0.05) is 36.5 Å². The fourth-order valence-corrected chi connectivity index (χ4v) is 5.82. The number of fused-ring (bicyclic) bond motifs is 2. The molecule has 1 N–H and O–H groups in total. The Morgan fingerprint density at radius 1 is 1.31 bits per heavy atom. The van der Waals surface area contributed by atoms with Crippen LogP contribution in [0, 0.1) is 11.7 Å². The van der Waals surface area contributed by atoms with Gasteiger partial charge in [0.15, 0.2) is 0 Å². The van der Waals surface area contributed by atoms with E-state index in [1.54, 1.807) is 18.2 Å². The van der Waals surface area contributed by atoms with E-state index in [1.807, 2.05) is 13.8 Å². The highest BCUT2D eigenvalue weighted by Crippen LogP contribution is 2.34. The number of carbonyl (C=O) groups is 1. The molecular weight excluding hydrogens is 487 g/mol. The van der Waals surface area contributed by atoms with E-state index in [0.29, 0.717) is 21.6 Å². The van der Waals surface area contributed by atoms with Gasteiger partial charge in [0.05, 0.1) is 17.5 Å². The number of β-amino-alcohol motifs (C(OH)–C–C–N with tert-alkyl or cyclic N) is 1. The summed E-state index contributed by atoms with van der Waals surface area (Å²) < 4.78 is 16.9. The number of hydroxylamine groups is 2. The van der Waals surface area contributed by atoms with Crippen molar-refractivity contribution in [2.24, 2.45) is 13.0 Å². The van der Waals surface area contributed by atoms with Gasteiger partial charge in [-0.2, -0.15) is 0 Å². The third kappa shape index (κ3) is 4.02. The SMILES string of the molecule is CC(C)Cn1c(=O)n(C)c(=O)c2c(C(=O)N3CC(O)CO3)c(Cc3ccnc4c(F)cccc34)sc21. The molecule has 0 radical (unpaired) electrons. The standard InChI is InChI=1S/C25H25FN4O5S/c1-13(2)10-29-24-20(22(32)28(3)25(29)34)19(23(33)30-11-15(31)12-35-30)18(36-24)9-14-7-8-27-21-16(14)5-4-6-17(21)26/h4-8,13,15,31H,9-12H2,1-3H3. The van der Waals surface area contributed by atoms with Crippen LogP contribution < -0.4 is 11.2 Å². The number of para-hydroxylation sites is 1. The molecule has 36 heavy (non-hydrogen) atoms. The third-order valence-electron chi connectivity index (χ3n) is 6.19. The van der Waals surface area contributed by atoms with Gasteiger partial charge in [-0.15, -0.1) is 11.3 Å². The lowest BCUT2D eigenvalue weighted by Gasteiger charge is -2.15. The number of hydrogen-bond acceptors (Lipinski definition) is 7. The van der Waals surface area contributed by atoms with Gasteiger partial charge in [0.25, 0.3) is 11.5 Å². The van der Waals surface area contributed by atoms with E-state index in [4.69, 9.17) is 4.84 Å². The molecule has 1 amide bonds. The topological polar surface area (TPSA) is 107 Å². The maximum absolute atomic E-state index is 14.4. The summed E-state index contributed by atoms with van der Waals surface area (Å²) in [6, 6.07) is 6.42. The first kappa shape index (κ1) is 24.3. The molecule has 1 aromatic carbocycles. The third-order valence-corrected chi connectivity index (χ3v) is 7.41. The van der Waals surface area contributed by atoms with Gasteiger partial charge in [0.2, 0.25) is 0 Å². The minimum Gasteiger partial charge on any atom is -0.389 e. The molecule has 1 aliphatic rings. The number of aliphatic hydroxyl groups is 1. The number of aliphatic hydroxyl groups excluding tert-OH is 1. The molecule has 4 heterocycles. The maximum atomic E-state index is 14.4. The molecule has 188 valence electrons. The van der Waals surface area contributed by atoms with Crippen molar-refractivity contribution < 1.29 is 19.1 Å². The van der Waals surface area contributed by atoms with Crippen molar-refractivity contribution in [1.82, 2.24) is 19.2 Å². The number of benzene rings is 1. The van der Waals surface area contributed by atoms with Crippen molar-refractivity contribution in [1.29, 1.82) is 0 Å². The van der Waals surface area contributed by atoms with Gasteiger partial charge in [-0.05, 0) is 23.6 Å². The molecule has 0 spiro atoms. The Hall–Kier alpha value is -3.41. The zero-order valence-electron chi connectivity index (χ0n) is 20.0. The highest BCUT2D eigenvalue weighted by atomic mass is 32.1. The Morgan fingerprint density at radius 2 is 2.08 bits per heavy atom. The Kier molecular flexibility index (Phi) is 6.23. The molecule has 1 fully saturated rings. The molecule has 0 aliphatic carbocycles. The van der Waals surface area contributed by atoms with E-state index >= 15 is 0 Å². The molecule has 1 saturated heterocycles. The van der Waals surface area contributed by atoms with Crippen LogP contribution in [0.25, 0.3) is 21.1 Å². The number of aromatic nitrogens is 3. The Morgan fingerprint density at radius 3 is 2.78 bits per heavy atom. The van der Waals surface area contributed by atoms with E-state index in [9.17, 15) is 23.9 Å². The number of pyridine rings is 1. The number of hydrogen-bond donors (Lipinski definition) is 1. The summed E-state index contributed by atoms with van der Waals surface area (Å²) in [4.78, 5) is 50.5. The fourth-order valence-electron chi connectivity index (χ4n) is 4.52. The number of rotatable bonds is 5. The van der Waals surface area contributed by atoms with Crippen LogP contribution in [0.5, 0.6) is 0 Å². The van der Waals surface area contributed by atoms with Gasteiger partial charge >= 0.3 is 5.69 Å².